The molecule has 1 saturated heterocycles. The summed E-state index contributed by atoms with van der Waals surface area (Å²) in [5, 5.41) is 3.56. The van der Waals surface area contributed by atoms with E-state index in [2.05, 4.69) is 5.32 Å². The molecular formula is C16H23ClN3O4+. The molecule has 1 aromatic carbocycles. The Bertz CT molecular complexity index is 608. The quantitative estimate of drug-likeness (QED) is 0.841. The number of carbonyl (C=O) groups is 1. The Morgan fingerprint density at radius 2 is 2.04 bits per heavy atom. The topological polar surface area (TPSA) is 70.9 Å². The lowest BCUT2D eigenvalue weighted by molar-refractivity contribution is -0.766. The number of hydrogen-bond donors (Lipinski definition) is 1. The van der Waals surface area contributed by atoms with Crippen LogP contribution in [0.5, 0.6) is 5.75 Å². The molecule has 0 aliphatic carbocycles. The van der Waals surface area contributed by atoms with Crippen LogP contribution in [0.3, 0.4) is 0 Å². The number of amides is 1. The maximum absolute atomic E-state index is 12.3. The molecule has 1 aromatic rings. The molecule has 0 spiro atoms. The smallest absolute Gasteiger partial charge is 0.403 e. The highest BCUT2D eigenvalue weighted by molar-refractivity contribution is 6.30. The van der Waals surface area contributed by atoms with Gasteiger partial charge in [0.2, 0.25) is 5.75 Å². The van der Waals surface area contributed by atoms with E-state index in [-0.39, 0.29) is 11.4 Å². The number of nitrogens with zero attached hydrogens (tertiary/aromatic N) is 2. The zero-order valence-electron chi connectivity index (χ0n) is 14.2. The molecular weight excluding hydrogens is 334 g/mol. The molecule has 0 radical (unpaired) electrons. The Morgan fingerprint density at radius 3 is 2.75 bits per heavy atom. The zero-order chi connectivity index (χ0) is 17.7. The number of nitrogens with one attached hydrogen (secondary N) is 1. The van der Waals surface area contributed by atoms with Crippen molar-refractivity contribution in [2.45, 2.75) is 32.8 Å². The van der Waals surface area contributed by atoms with Gasteiger partial charge >= 0.3 is 11.8 Å². The van der Waals surface area contributed by atoms with Crippen molar-refractivity contribution in [2.75, 3.05) is 26.2 Å². The van der Waals surface area contributed by atoms with Gasteiger partial charge in [0.05, 0.1) is 4.91 Å². The largest absolute Gasteiger partial charge is 0.415 e. The zero-order valence-corrected chi connectivity index (χ0v) is 14.9. The van der Waals surface area contributed by atoms with E-state index >= 15 is 0 Å². The molecule has 1 aliphatic rings. The van der Waals surface area contributed by atoms with E-state index < -0.39 is 11.7 Å². The van der Waals surface area contributed by atoms with E-state index in [0.29, 0.717) is 29.6 Å². The van der Waals surface area contributed by atoms with Crippen molar-refractivity contribution >= 4 is 23.4 Å². The molecule has 7 nitrogen and oxygen atoms in total. The normalized spacial score (nSPS) is 15.6. The third-order valence-corrected chi connectivity index (χ3v) is 3.51. The first-order valence-corrected chi connectivity index (χ1v) is 8.27. The van der Waals surface area contributed by atoms with Crippen molar-refractivity contribution in [1.82, 2.24) is 10.2 Å². The SMILES string of the molecule is CC(C)(C)O[N+](=O)c1cc(Cl)ccc1OC(=O)N1CCCNCC1. The molecule has 2 rings (SSSR count). The molecule has 1 aliphatic heterocycles. The van der Waals surface area contributed by atoms with E-state index in [1.54, 1.807) is 31.7 Å². The second kappa shape index (κ2) is 7.81. The summed E-state index contributed by atoms with van der Waals surface area (Å²) in [7, 11) is 0. The molecule has 1 heterocycles. The van der Waals surface area contributed by atoms with E-state index in [1.165, 1.54) is 12.1 Å². The number of rotatable bonds is 3. The molecule has 0 saturated carbocycles. The molecule has 0 aromatic heterocycles. The summed E-state index contributed by atoms with van der Waals surface area (Å²) in [5.41, 5.74) is -0.638. The average Bonchev–Trinajstić information content (AvgIpc) is 2.76. The first-order chi connectivity index (χ1) is 11.3. The van der Waals surface area contributed by atoms with Gasteiger partial charge in [0.15, 0.2) is 5.60 Å². The van der Waals surface area contributed by atoms with E-state index in [9.17, 15) is 9.70 Å². The fraction of sp³-hybridized carbons (Fsp3) is 0.562. The predicted octanol–water partition coefficient (Wildman–Crippen LogP) is 3.27. The molecule has 0 bridgehead atoms. The van der Waals surface area contributed by atoms with E-state index in [0.717, 1.165) is 13.0 Å². The third kappa shape index (κ3) is 5.35. The van der Waals surface area contributed by atoms with Gasteiger partial charge in [-0.15, -0.1) is 0 Å². The second-order valence-electron chi connectivity index (χ2n) is 6.53. The molecule has 1 fully saturated rings. The van der Waals surface area contributed by atoms with Crippen molar-refractivity contribution in [3.05, 3.63) is 28.1 Å². The van der Waals surface area contributed by atoms with Crippen molar-refractivity contribution < 1.29 is 19.3 Å². The minimum Gasteiger partial charge on any atom is -0.403 e. The molecule has 132 valence electrons. The van der Waals surface area contributed by atoms with Gasteiger partial charge in [-0.2, -0.15) is 0 Å². The summed E-state index contributed by atoms with van der Waals surface area (Å²) in [6, 6.07) is 4.46. The minimum atomic E-state index is -0.693. The third-order valence-electron chi connectivity index (χ3n) is 3.27. The van der Waals surface area contributed by atoms with Crippen molar-refractivity contribution in [3.8, 4) is 5.75 Å². The summed E-state index contributed by atoms with van der Waals surface area (Å²) in [5.74, 6) is 0.112. The fourth-order valence-electron chi connectivity index (χ4n) is 2.20. The first-order valence-electron chi connectivity index (χ1n) is 7.90. The molecule has 0 atom stereocenters. The first kappa shape index (κ1) is 18.5. The van der Waals surface area contributed by atoms with Gasteiger partial charge in [0.1, 0.15) is 0 Å². The van der Waals surface area contributed by atoms with Gasteiger partial charge in [0, 0.05) is 30.7 Å². The standard InChI is InChI=1S/C16H23ClN3O4/c1-16(2,3)24-20(22)13-11-12(17)5-6-14(13)23-15(21)19-9-4-7-18-8-10-19/h5-6,11,18H,4,7-10H2,1-3H3/q+1. The fourth-order valence-corrected chi connectivity index (χ4v) is 2.37. The number of halogens is 1. The molecule has 0 unspecified atom stereocenters. The van der Waals surface area contributed by atoms with E-state index in [1.807, 2.05) is 0 Å². The Labute approximate surface area is 146 Å². The Balaban J connectivity index is 2.17. The summed E-state index contributed by atoms with van der Waals surface area (Å²) >= 11 is 5.96. The van der Waals surface area contributed by atoms with Crippen LogP contribution in [-0.2, 0) is 4.84 Å². The van der Waals surface area contributed by atoms with Crippen LogP contribution in [0, 0.1) is 4.91 Å². The summed E-state index contributed by atoms with van der Waals surface area (Å²) in [6.07, 6.45) is 0.357. The lowest BCUT2D eigenvalue weighted by atomic mass is 10.2. The summed E-state index contributed by atoms with van der Waals surface area (Å²) < 4.78 is 5.41. The van der Waals surface area contributed by atoms with Gasteiger partial charge in [-0.05, 0) is 45.9 Å². The monoisotopic (exact) mass is 356 g/mol. The highest BCUT2D eigenvalue weighted by atomic mass is 35.5. The Hall–Kier alpha value is -1.86. The van der Waals surface area contributed by atoms with Crippen LogP contribution in [-0.4, -0.2) is 47.7 Å². The van der Waals surface area contributed by atoms with Crippen molar-refractivity contribution in [1.29, 1.82) is 0 Å². The van der Waals surface area contributed by atoms with Crippen LogP contribution < -0.4 is 10.1 Å². The number of carbonyl (C=O) groups excluding carboxylic acids is 1. The van der Waals surface area contributed by atoms with Crippen LogP contribution in [0.25, 0.3) is 0 Å². The van der Waals surface area contributed by atoms with Gasteiger partial charge in [0.25, 0.3) is 4.92 Å². The summed E-state index contributed by atoms with van der Waals surface area (Å²) in [4.78, 5) is 31.8. The molecule has 1 amide bonds. The Kier molecular flexibility index (Phi) is 6.01. The van der Waals surface area contributed by atoms with Crippen LogP contribution in [0.1, 0.15) is 27.2 Å². The number of benzene rings is 1. The maximum atomic E-state index is 12.3. The summed E-state index contributed by atoms with van der Waals surface area (Å²) in [6.45, 7) is 7.98. The van der Waals surface area contributed by atoms with Crippen LogP contribution >= 0.6 is 11.6 Å². The van der Waals surface area contributed by atoms with Gasteiger partial charge < -0.3 is 15.0 Å². The van der Waals surface area contributed by atoms with Crippen LogP contribution in [0.2, 0.25) is 5.02 Å². The Morgan fingerprint density at radius 1 is 1.29 bits per heavy atom. The highest BCUT2D eigenvalue weighted by Gasteiger charge is 2.31. The number of ether oxygens (including phenoxy) is 1. The lowest BCUT2D eigenvalue weighted by Gasteiger charge is -2.19. The van der Waals surface area contributed by atoms with Gasteiger partial charge in [-0.1, -0.05) is 11.6 Å². The second-order valence-corrected chi connectivity index (χ2v) is 6.97. The van der Waals surface area contributed by atoms with Crippen molar-refractivity contribution in [2.24, 2.45) is 0 Å². The maximum Gasteiger partial charge on any atom is 0.415 e. The van der Waals surface area contributed by atoms with Gasteiger partial charge in [-0.25, -0.2) is 9.63 Å². The van der Waals surface area contributed by atoms with E-state index in [4.69, 9.17) is 21.2 Å². The highest BCUT2D eigenvalue weighted by Crippen LogP contribution is 2.32. The predicted molar refractivity (Wildman–Crippen MR) is 90.7 cm³/mol. The lowest BCUT2D eigenvalue weighted by Crippen LogP contribution is -2.36. The van der Waals surface area contributed by atoms with Crippen LogP contribution in [0.4, 0.5) is 10.5 Å². The molecule has 8 heteroatoms. The van der Waals surface area contributed by atoms with Crippen molar-refractivity contribution in [3.63, 3.8) is 0 Å². The molecule has 1 N–H and O–H groups in total. The van der Waals surface area contributed by atoms with Crippen LogP contribution in [0.15, 0.2) is 18.2 Å². The minimum absolute atomic E-state index is 0.0544. The molecule has 24 heavy (non-hydrogen) atoms. The van der Waals surface area contributed by atoms with Gasteiger partial charge in [-0.3, -0.25) is 0 Å². The average molecular weight is 357 g/mol. The number of hydrogen-bond acceptors (Lipinski definition) is 5.